The summed E-state index contributed by atoms with van der Waals surface area (Å²) in [6.45, 7) is 1.47. The Morgan fingerprint density at radius 2 is 1.95 bits per heavy atom. The van der Waals surface area contributed by atoms with Crippen molar-refractivity contribution >= 4 is 29.1 Å². The van der Waals surface area contributed by atoms with Crippen molar-refractivity contribution in [2.24, 2.45) is 0 Å². The molecule has 2 aromatic rings. The molecule has 1 amide bonds. The number of ketones is 1. The number of nitrogens with one attached hydrogen (secondary N) is 1. The Balaban J connectivity index is 2.05. The van der Waals surface area contributed by atoms with Gasteiger partial charge in [0.05, 0.1) is 0 Å². The predicted molar refractivity (Wildman–Crippen MR) is 80.2 cm³/mol. The molecule has 0 aromatic heterocycles. The molecule has 100 valence electrons. The topological polar surface area (TPSA) is 46.2 Å². The van der Waals surface area contributed by atoms with Gasteiger partial charge in [0.15, 0.2) is 5.78 Å². The average molecular weight is 283 g/mol. The smallest absolute Gasteiger partial charge is 0.221 e. The maximum atomic E-state index is 12.6. The van der Waals surface area contributed by atoms with Gasteiger partial charge in [-0.3, -0.25) is 9.59 Å². The van der Waals surface area contributed by atoms with E-state index in [9.17, 15) is 9.59 Å². The fourth-order valence-corrected chi connectivity index (χ4v) is 3.37. The second kappa shape index (κ2) is 5.13. The molecule has 4 heteroatoms. The molecular weight excluding hydrogens is 270 g/mol. The third-order valence-corrected chi connectivity index (χ3v) is 4.30. The zero-order valence-corrected chi connectivity index (χ0v) is 11.8. The lowest BCUT2D eigenvalue weighted by atomic mass is 9.99. The van der Waals surface area contributed by atoms with E-state index < -0.39 is 0 Å². The van der Waals surface area contributed by atoms with E-state index >= 15 is 0 Å². The Bertz CT molecular complexity index is 709. The van der Waals surface area contributed by atoms with E-state index in [1.165, 1.54) is 6.92 Å². The highest BCUT2D eigenvalue weighted by molar-refractivity contribution is 7.98. The van der Waals surface area contributed by atoms with Gasteiger partial charge in [0.1, 0.15) is 0 Å². The van der Waals surface area contributed by atoms with Crippen LogP contribution in [0.5, 0.6) is 0 Å². The van der Waals surface area contributed by atoms with E-state index in [1.54, 1.807) is 23.9 Å². The number of carbonyl (C=O) groups excluding carboxylic acids is 2. The van der Waals surface area contributed by atoms with Crippen LogP contribution in [0.4, 0.5) is 5.69 Å². The van der Waals surface area contributed by atoms with Crippen LogP contribution in [-0.4, -0.2) is 11.7 Å². The summed E-state index contributed by atoms with van der Waals surface area (Å²) < 4.78 is 0. The number of fused-ring (bicyclic) bond motifs is 2. The number of amides is 1. The van der Waals surface area contributed by atoms with Gasteiger partial charge >= 0.3 is 0 Å². The zero-order chi connectivity index (χ0) is 14.1. The fraction of sp³-hybridized carbons (Fsp3) is 0.125. The molecule has 0 saturated carbocycles. The number of rotatable bonds is 1. The van der Waals surface area contributed by atoms with Crippen molar-refractivity contribution in [3.05, 3.63) is 59.2 Å². The molecule has 0 bridgehead atoms. The molecule has 3 nitrogen and oxygen atoms in total. The van der Waals surface area contributed by atoms with Crippen LogP contribution >= 0.6 is 11.8 Å². The predicted octanol–water partition coefficient (Wildman–Crippen LogP) is 3.48. The molecule has 1 N–H and O–H groups in total. The molecule has 0 spiro atoms. The van der Waals surface area contributed by atoms with E-state index in [2.05, 4.69) is 5.32 Å². The van der Waals surface area contributed by atoms with E-state index in [0.717, 1.165) is 27.5 Å². The van der Waals surface area contributed by atoms with Gasteiger partial charge < -0.3 is 5.32 Å². The number of thioether (sulfide) groups is 1. The van der Waals surface area contributed by atoms with E-state index in [4.69, 9.17) is 0 Å². The first kappa shape index (κ1) is 12.9. The van der Waals surface area contributed by atoms with E-state index in [0.29, 0.717) is 5.56 Å². The lowest BCUT2D eigenvalue weighted by molar-refractivity contribution is -0.114. The molecule has 20 heavy (non-hydrogen) atoms. The molecule has 2 aromatic carbocycles. The van der Waals surface area contributed by atoms with Gasteiger partial charge in [-0.15, -0.1) is 11.8 Å². The van der Waals surface area contributed by atoms with Crippen molar-refractivity contribution in [2.45, 2.75) is 17.6 Å². The van der Waals surface area contributed by atoms with Crippen molar-refractivity contribution in [3.63, 3.8) is 0 Å². The molecule has 3 rings (SSSR count). The minimum atomic E-state index is -0.113. The van der Waals surface area contributed by atoms with Crippen molar-refractivity contribution in [1.29, 1.82) is 0 Å². The maximum Gasteiger partial charge on any atom is 0.221 e. The normalized spacial score (nSPS) is 13.2. The summed E-state index contributed by atoms with van der Waals surface area (Å²) in [5, 5.41) is 2.75. The minimum Gasteiger partial charge on any atom is -0.326 e. The molecule has 0 fully saturated rings. The highest BCUT2D eigenvalue weighted by atomic mass is 32.2. The first-order chi connectivity index (χ1) is 9.65. The average Bonchev–Trinajstić information content (AvgIpc) is 2.57. The van der Waals surface area contributed by atoms with Crippen LogP contribution in [0.2, 0.25) is 0 Å². The number of carbonyl (C=O) groups is 2. The van der Waals surface area contributed by atoms with Crippen LogP contribution in [-0.2, 0) is 10.5 Å². The summed E-state index contributed by atoms with van der Waals surface area (Å²) in [6, 6.07) is 13.1. The van der Waals surface area contributed by atoms with Gasteiger partial charge in [0, 0.05) is 34.4 Å². The Hall–Kier alpha value is -2.07. The molecule has 0 radical (unpaired) electrons. The maximum absolute atomic E-state index is 12.6. The molecule has 0 saturated heterocycles. The van der Waals surface area contributed by atoms with Crippen molar-refractivity contribution in [3.8, 4) is 0 Å². The summed E-state index contributed by atoms with van der Waals surface area (Å²) in [7, 11) is 0. The molecule has 1 aliphatic heterocycles. The Morgan fingerprint density at radius 3 is 2.75 bits per heavy atom. The molecule has 0 atom stereocenters. The summed E-state index contributed by atoms with van der Waals surface area (Å²) in [5.41, 5.74) is 3.25. The number of hydrogen-bond acceptors (Lipinski definition) is 3. The summed E-state index contributed by atoms with van der Waals surface area (Å²) >= 11 is 1.63. The summed E-state index contributed by atoms with van der Waals surface area (Å²) in [4.78, 5) is 24.6. The fourth-order valence-electron chi connectivity index (χ4n) is 2.28. The van der Waals surface area contributed by atoms with E-state index in [-0.39, 0.29) is 11.7 Å². The van der Waals surface area contributed by atoms with Gasteiger partial charge in [-0.25, -0.2) is 0 Å². The highest BCUT2D eigenvalue weighted by Crippen LogP contribution is 2.35. The number of benzene rings is 2. The third kappa shape index (κ3) is 2.34. The van der Waals surface area contributed by atoms with Crippen LogP contribution in [0.3, 0.4) is 0 Å². The number of anilines is 1. The van der Waals surface area contributed by atoms with Crippen molar-refractivity contribution < 1.29 is 9.59 Å². The first-order valence-electron chi connectivity index (χ1n) is 6.32. The second-order valence-corrected chi connectivity index (χ2v) is 5.68. The highest BCUT2D eigenvalue weighted by Gasteiger charge is 2.21. The van der Waals surface area contributed by atoms with Crippen LogP contribution in [0.15, 0.2) is 47.4 Å². The minimum absolute atomic E-state index is 0.0509. The Labute approximate surface area is 121 Å². The largest absolute Gasteiger partial charge is 0.326 e. The number of hydrogen-bond donors (Lipinski definition) is 1. The van der Waals surface area contributed by atoms with Crippen LogP contribution < -0.4 is 5.32 Å². The van der Waals surface area contributed by atoms with Crippen LogP contribution in [0.1, 0.15) is 28.4 Å². The standard InChI is InChI=1S/C16H13NO2S/c1-10(18)17-12-6-7-14-15(8-12)20-9-11-4-2-3-5-13(11)16(14)19/h2-8H,9H2,1H3,(H,17,18). The summed E-state index contributed by atoms with van der Waals surface area (Å²) in [6.07, 6.45) is 0. The molecule has 1 heterocycles. The van der Waals surface area contributed by atoms with Crippen molar-refractivity contribution in [1.82, 2.24) is 0 Å². The monoisotopic (exact) mass is 283 g/mol. The van der Waals surface area contributed by atoms with Gasteiger partial charge in [-0.1, -0.05) is 24.3 Å². The van der Waals surface area contributed by atoms with Gasteiger partial charge in [0.2, 0.25) is 5.91 Å². The Morgan fingerprint density at radius 1 is 1.15 bits per heavy atom. The van der Waals surface area contributed by atoms with E-state index in [1.807, 2.05) is 30.3 Å². The van der Waals surface area contributed by atoms with Gasteiger partial charge in [-0.2, -0.15) is 0 Å². The molecular formula is C16H13NO2S. The lowest BCUT2D eigenvalue weighted by Gasteiger charge is -2.08. The molecule has 0 aliphatic carbocycles. The lowest BCUT2D eigenvalue weighted by Crippen LogP contribution is -2.07. The SMILES string of the molecule is CC(=O)Nc1ccc2c(c1)SCc1ccccc1C2=O. The molecule has 0 unspecified atom stereocenters. The summed E-state index contributed by atoms with van der Waals surface area (Å²) in [5.74, 6) is 0.700. The van der Waals surface area contributed by atoms with Crippen LogP contribution in [0.25, 0.3) is 0 Å². The van der Waals surface area contributed by atoms with Gasteiger partial charge in [-0.05, 0) is 23.8 Å². The van der Waals surface area contributed by atoms with Crippen LogP contribution in [0, 0.1) is 0 Å². The molecule has 1 aliphatic rings. The third-order valence-electron chi connectivity index (χ3n) is 3.19. The zero-order valence-electron chi connectivity index (χ0n) is 11.0. The second-order valence-electron chi connectivity index (χ2n) is 4.67. The first-order valence-corrected chi connectivity index (χ1v) is 7.31. The quantitative estimate of drug-likeness (QED) is 0.871. The Kier molecular flexibility index (Phi) is 3.32. The van der Waals surface area contributed by atoms with Gasteiger partial charge in [0.25, 0.3) is 0 Å². The van der Waals surface area contributed by atoms with Crippen molar-refractivity contribution in [2.75, 3.05) is 5.32 Å².